The van der Waals surface area contributed by atoms with Gasteiger partial charge in [0.1, 0.15) is 0 Å². The van der Waals surface area contributed by atoms with E-state index in [0.717, 1.165) is 6.42 Å². The highest BCUT2D eigenvalue weighted by atomic mass is 35.5. The fourth-order valence-electron chi connectivity index (χ4n) is 2.51. The van der Waals surface area contributed by atoms with Gasteiger partial charge in [-0.3, -0.25) is 9.59 Å². The molecule has 1 aromatic carbocycles. The lowest BCUT2D eigenvalue weighted by molar-refractivity contribution is -0.120. The van der Waals surface area contributed by atoms with Crippen molar-refractivity contribution in [3.05, 3.63) is 22.7 Å². The molecule has 2 aliphatic rings. The van der Waals surface area contributed by atoms with Crippen LogP contribution in [0.25, 0.3) is 0 Å². The summed E-state index contributed by atoms with van der Waals surface area (Å²) in [5.74, 6) is 0.793. The first-order valence-corrected chi connectivity index (χ1v) is 7.68. The highest BCUT2D eigenvalue weighted by Gasteiger charge is 2.23. The second-order valence-electron chi connectivity index (χ2n) is 5.23. The number of fused-ring (bicyclic) bond motifs is 1. The average Bonchev–Trinajstić information content (AvgIpc) is 2.87. The summed E-state index contributed by atoms with van der Waals surface area (Å²) in [6.45, 7) is 2.42. The van der Waals surface area contributed by atoms with Gasteiger partial charge in [0.05, 0.1) is 18.2 Å². The van der Waals surface area contributed by atoms with E-state index >= 15 is 0 Å². The molecule has 0 spiro atoms. The number of hydrogen-bond donors (Lipinski definition) is 1. The molecule has 6 nitrogen and oxygen atoms in total. The van der Waals surface area contributed by atoms with E-state index in [1.54, 1.807) is 17.0 Å². The number of benzene rings is 1. The zero-order valence-corrected chi connectivity index (χ0v) is 12.8. The summed E-state index contributed by atoms with van der Waals surface area (Å²) in [6, 6.07) is 3.26. The maximum atomic E-state index is 12.6. The zero-order chi connectivity index (χ0) is 15.5. The topological polar surface area (TPSA) is 67.9 Å². The third-order valence-electron chi connectivity index (χ3n) is 3.65. The molecule has 0 unspecified atom stereocenters. The summed E-state index contributed by atoms with van der Waals surface area (Å²) < 4.78 is 11.2. The number of rotatable bonds is 1. The van der Waals surface area contributed by atoms with Crippen LogP contribution in [-0.4, -0.2) is 49.6 Å². The largest absolute Gasteiger partial charge is 0.489 e. The monoisotopic (exact) mass is 324 g/mol. The summed E-state index contributed by atoms with van der Waals surface area (Å²) in [7, 11) is 0. The molecule has 0 aromatic heterocycles. The van der Waals surface area contributed by atoms with Gasteiger partial charge in [0.15, 0.2) is 11.5 Å². The fraction of sp³-hybridized carbons (Fsp3) is 0.467. The Labute approximate surface area is 133 Å². The first-order chi connectivity index (χ1) is 10.6. The van der Waals surface area contributed by atoms with Crippen LogP contribution in [0.15, 0.2) is 12.1 Å². The molecule has 0 atom stereocenters. The number of carbonyl (C=O) groups is 2. The number of nitrogens with one attached hydrogen (secondary N) is 1. The Morgan fingerprint density at radius 3 is 2.91 bits per heavy atom. The molecule has 118 valence electrons. The van der Waals surface area contributed by atoms with Crippen LogP contribution in [-0.2, 0) is 4.79 Å². The van der Waals surface area contributed by atoms with Crippen LogP contribution in [0.2, 0.25) is 5.02 Å². The van der Waals surface area contributed by atoms with Crippen LogP contribution in [0.1, 0.15) is 23.2 Å². The average molecular weight is 325 g/mol. The van der Waals surface area contributed by atoms with Gasteiger partial charge in [-0.15, -0.1) is 0 Å². The molecular formula is C15H17ClN2O4. The van der Waals surface area contributed by atoms with Crippen molar-refractivity contribution in [2.45, 2.75) is 12.8 Å². The molecule has 0 saturated carbocycles. The van der Waals surface area contributed by atoms with Crippen molar-refractivity contribution in [2.75, 3.05) is 32.8 Å². The van der Waals surface area contributed by atoms with E-state index < -0.39 is 0 Å². The lowest BCUT2D eigenvalue weighted by Crippen LogP contribution is -2.34. The van der Waals surface area contributed by atoms with Crippen LogP contribution in [0.5, 0.6) is 11.5 Å². The van der Waals surface area contributed by atoms with E-state index in [9.17, 15) is 9.59 Å². The van der Waals surface area contributed by atoms with Crippen molar-refractivity contribution in [1.82, 2.24) is 10.2 Å². The van der Waals surface area contributed by atoms with E-state index in [1.807, 2.05) is 0 Å². The van der Waals surface area contributed by atoms with E-state index in [0.29, 0.717) is 61.4 Å². The molecule has 3 rings (SSSR count). The Bertz CT molecular complexity index is 605. The van der Waals surface area contributed by atoms with Gasteiger partial charge in [-0.2, -0.15) is 0 Å². The third kappa shape index (κ3) is 3.11. The van der Waals surface area contributed by atoms with Crippen LogP contribution in [0, 0.1) is 0 Å². The Balaban J connectivity index is 1.84. The Morgan fingerprint density at radius 1 is 1.23 bits per heavy atom. The predicted octanol–water partition coefficient (Wildman–Crippen LogP) is 1.46. The van der Waals surface area contributed by atoms with Gasteiger partial charge in [-0.05, 0) is 12.1 Å². The van der Waals surface area contributed by atoms with E-state index in [4.69, 9.17) is 21.1 Å². The summed E-state index contributed by atoms with van der Waals surface area (Å²) >= 11 is 6.22. The molecule has 1 saturated heterocycles. The van der Waals surface area contributed by atoms with E-state index in [-0.39, 0.29) is 11.8 Å². The van der Waals surface area contributed by atoms with Crippen LogP contribution >= 0.6 is 11.6 Å². The van der Waals surface area contributed by atoms with Crippen LogP contribution in [0.3, 0.4) is 0 Å². The Kier molecular flexibility index (Phi) is 4.38. The van der Waals surface area contributed by atoms with E-state index in [1.165, 1.54) is 0 Å². The lowest BCUT2D eigenvalue weighted by Gasteiger charge is -2.20. The summed E-state index contributed by atoms with van der Waals surface area (Å²) in [4.78, 5) is 25.6. The van der Waals surface area contributed by atoms with Gasteiger partial charge in [0.2, 0.25) is 5.91 Å². The van der Waals surface area contributed by atoms with Crippen LogP contribution in [0.4, 0.5) is 0 Å². The minimum atomic E-state index is -0.158. The summed E-state index contributed by atoms with van der Waals surface area (Å²) in [5.41, 5.74) is 0.448. The second kappa shape index (κ2) is 6.44. The van der Waals surface area contributed by atoms with Gasteiger partial charge >= 0.3 is 0 Å². The van der Waals surface area contributed by atoms with Crippen molar-refractivity contribution in [1.29, 1.82) is 0 Å². The van der Waals surface area contributed by atoms with Gasteiger partial charge in [-0.25, -0.2) is 0 Å². The van der Waals surface area contributed by atoms with Crippen molar-refractivity contribution in [3.63, 3.8) is 0 Å². The maximum absolute atomic E-state index is 12.6. The van der Waals surface area contributed by atoms with Gasteiger partial charge in [0.25, 0.3) is 5.91 Å². The zero-order valence-electron chi connectivity index (χ0n) is 12.1. The molecule has 1 aromatic rings. The molecule has 0 radical (unpaired) electrons. The van der Waals surface area contributed by atoms with Crippen molar-refractivity contribution in [2.24, 2.45) is 0 Å². The number of ether oxygens (including phenoxy) is 2. The first kappa shape index (κ1) is 15.0. The minimum Gasteiger partial charge on any atom is -0.489 e. The van der Waals surface area contributed by atoms with Crippen molar-refractivity contribution < 1.29 is 19.1 Å². The van der Waals surface area contributed by atoms with Crippen molar-refractivity contribution >= 4 is 23.4 Å². The lowest BCUT2D eigenvalue weighted by atomic mass is 10.1. The maximum Gasteiger partial charge on any atom is 0.254 e. The second-order valence-corrected chi connectivity index (χ2v) is 5.64. The molecule has 22 heavy (non-hydrogen) atoms. The molecule has 2 amide bonds. The predicted molar refractivity (Wildman–Crippen MR) is 80.6 cm³/mol. The quantitative estimate of drug-likeness (QED) is 0.849. The van der Waals surface area contributed by atoms with Gasteiger partial charge < -0.3 is 19.7 Å². The number of nitrogens with zero attached hydrogens (tertiary/aromatic N) is 1. The molecule has 2 heterocycles. The normalized spacial score (nSPS) is 18.2. The van der Waals surface area contributed by atoms with Crippen molar-refractivity contribution in [3.8, 4) is 11.5 Å². The van der Waals surface area contributed by atoms with Gasteiger partial charge in [0, 0.05) is 38.0 Å². The smallest absolute Gasteiger partial charge is 0.254 e. The summed E-state index contributed by atoms with van der Waals surface area (Å²) in [5, 5.41) is 3.11. The summed E-state index contributed by atoms with van der Waals surface area (Å²) in [6.07, 6.45) is 1.08. The molecular weight excluding hydrogens is 308 g/mol. The molecule has 1 N–H and O–H groups in total. The third-order valence-corrected chi connectivity index (χ3v) is 3.93. The highest BCUT2D eigenvalue weighted by molar-refractivity contribution is 6.32. The molecule has 0 bridgehead atoms. The molecule has 1 fully saturated rings. The van der Waals surface area contributed by atoms with E-state index in [2.05, 4.69) is 5.32 Å². The first-order valence-electron chi connectivity index (χ1n) is 7.30. The Morgan fingerprint density at radius 2 is 2.05 bits per heavy atom. The minimum absolute atomic E-state index is 0.0352. The standard InChI is InChI=1S/C15H17ClN2O4/c16-11-8-10(9-12-14(11)22-7-1-6-21-12)15(20)18-4-2-13(19)17-3-5-18/h8-9H,1-7H2,(H,17,19). The number of hydrogen-bond acceptors (Lipinski definition) is 4. The number of halogens is 1. The molecule has 0 aliphatic carbocycles. The Hall–Kier alpha value is -1.95. The molecule has 2 aliphatic heterocycles. The number of amides is 2. The number of carbonyl (C=O) groups excluding carboxylic acids is 2. The van der Waals surface area contributed by atoms with Gasteiger partial charge in [-0.1, -0.05) is 11.6 Å². The van der Waals surface area contributed by atoms with Crippen LogP contribution < -0.4 is 14.8 Å². The molecule has 7 heteroatoms. The fourth-order valence-corrected chi connectivity index (χ4v) is 2.77. The SMILES string of the molecule is O=C1CCN(C(=O)c2cc(Cl)c3c(c2)OCCCO3)CCN1. The highest BCUT2D eigenvalue weighted by Crippen LogP contribution is 2.38.